The SMILES string of the molecule is CC1(C)CC(CNC(=O)c2ccc(C#Cc3ccccc3F)cc2)CCO1. The van der Waals surface area contributed by atoms with Crippen molar-refractivity contribution in [3.05, 3.63) is 71.0 Å². The summed E-state index contributed by atoms with van der Waals surface area (Å²) in [6.07, 6.45) is 1.91. The van der Waals surface area contributed by atoms with Crippen LogP contribution in [0.15, 0.2) is 48.5 Å². The predicted octanol–water partition coefficient (Wildman–Crippen LogP) is 4.16. The Hall–Kier alpha value is -2.64. The number of ether oxygens (including phenoxy) is 1. The molecule has 2 aromatic carbocycles. The van der Waals surface area contributed by atoms with Crippen LogP contribution in [0.2, 0.25) is 0 Å². The van der Waals surface area contributed by atoms with E-state index in [-0.39, 0.29) is 17.3 Å². The molecular weight excluding hydrogens is 341 g/mol. The zero-order chi connectivity index (χ0) is 19.3. The van der Waals surface area contributed by atoms with Crippen molar-refractivity contribution in [1.29, 1.82) is 0 Å². The highest BCUT2D eigenvalue weighted by Gasteiger charge is 2.28. The maximum absolute atomic E-state index is 13.6. The molecule has 1 aliphatic heterocycles. The zero-order valence-electron chi connectivity index (χ0n) is 15.7. The van der Waals surface area contributed by atoms with Gasteiger partial charge in [0, 0.05) is 24.3 Å². The minimum absolute atomic E-state index is 0.0899. The third-order valence-electron chi connectivity index (χ3n) is 4.71. The average Bonchev–Trinajstić information content (AvgIpc) is 2.65. The first-order chi connectivity index (χ1) is 12.9. The average molecular weight is 365 g/mol. The van der Waals surface area contributed by atoms with Gasteiger partial charge >= 0.3 is 0 Å². The molecule has 27 heavy (non-hydrogen) atoms. The predicted molar refractivity (Wildman–Crippen MR) is 104 cm³/mol. The van der Waals surface area contributed by atoms with Gasteiger partial charge in [-0.2, -0.15) is 0 Å². The van der Waals surface area contributed by atoms with E-state index in [0.717, 1.165) is 25.0 Å². The fourth-order valence-corrected chi connectivity index (χ4v) is 3.28. The van der Waals surface area contributed by atoms with Crippen LogP contribution in [0.5, 0.6) is 0 Å². The quantitative estimate of drug-likeness (QED) is 0.830. The number of carbonyl (C=O) groups excluding carboxylic acids is 1. The van der Waals surface area contributed by atoms with Crippen molar-refractivity contribution < 1.29 is 13.9 Å². The van der Waals surface area contributed by atoms with E-state index in [0.29, 0.717) is 23.6 Å². The number of carbonyl (C=O) groups is 1. The largest absolute Gasteiger partial charge is 0.376 e. The van der Waals surface area contributed by atoms with Crippen LogP contribution in [0.4, 0.5) is 4.39 Å². The maximum atomic E-state index is 13.6. The summed E-state index contributed by atoms with van der Waals surface area (Å²) in [5.41, 5.74) is 1.57. The second kappa shape index (κ2) is 8.37. The van der Waals surface area contributed by atoms with Crippen molar-refractivity contribution in [2.75, 3.05) is 13.2 Å². The van der Waals surface area contributed by atoms with Crippen LogP contribution in [0.25, 0.3) is 0 Å². The molecule has 3 nitrogen and oxygen atoms in total. The molecule has 0 bridgehead atoms. The Morgan fingerprint density at radius 1 is 1.19 bits per heavy atom. The number of halogens is 1. The van der Waals surface area contributed by atoms with Crippen LogP contribution in [0.3, 0.4) is 0 Å². The minimum atomic E-state index is -0.336. The summed E-state index contributed by atoms with van der Waals surface area (Å²) in [5.74, 6) is 5.75. The molecule has 1 amide bonds. The van der Waals surface area contributed by atoms with Crippen molar-refractivity contribution >= 4 is 5.91 Å². The smallest absolute Gasteiger partial charge is 0.251 e. The molecule has 1 N–H and O–H groups in total. The maximum Gasteiger partial charge on any atom is 0.251 e. The lowest BCUT2D eigenvalue weighted by molar-refractivity contribution is -0.0715. The Bertz CT molecular complexity index is 862. The summed E-state index contributed by atoms with van der Waals surface area (Å²) in [4.78, 5) is 12.4. The van der Waals surface area contributed by atoms with Gasteiger partial charge in [-0.25, -0.2) is 4.39 Å². The van der Waals surface area contributed by atoms with Crippen molar-refractivity contribution in [2.45, 2.75) is 32.3 Å². The number of benzene rings is 2. The van der Waals surface area contributed by atoms with Crippen LogP contribution in [-0.2, 0) is 4.74 Å². The normalized spacial score (nSPS) is 18.3. The van der Waals surface area contributed by atoms with Crippen molar-refractivity contribution in [3.8, 4) is 11.8 Å². The molecule has 3 rings (SSSR count). The van der Waals surface area contributed by atoms with Gasteiger partial charge in [0.2, 0.25) is 0 Å². The summed E-state index contributed by atoms with van der Waals surface area (Å²) in [5, 5.41) is 3.01. The molecule has 4 heteroatoms. The van der Waals surface area contributed by atoms with E-state index in [1.54, 1.807) is 42.5 Å². The molecule has 0 spiro atoms. The number of hydrogen-bond acceptors (Lipinski definition) is 2. The fourth-order valence-electron chi connectivity index (χ4n) is 3.28. The van der Waals surface area contributed by atoms with Crippen LogP contribution < -0.4 is 5.32 Å². The lowest BCUT2D eigenvalue weighted by atomic mass is 9.88. The molecule has 0 radical (unpaired) electrons. The van der Waals surface area contributed by atoms with Gasteiger partial charge in [-0.15, -0.1) is 0 Å². The number of nitrogens with one attached hydrogen (secondary N) is 1. The Morgan fingerprint density at radius 2 is 1.93 bits per heavy atom. The standard InChI is InChI=1S/C23H24FNO2/c1-23(2)15-18(13-14-27-23)16-25-22(26)20-11-8-17(9-12-20)7-10-19-5-3-4-6-21(19)24/h3-6,8-9,11-12,18H,13-16H2,1-2H3,(H,25,26). The summed E-state index contributed by atoms with van der Waals surface area (Å²) < 4.78 is 19.3. The summed E-state index contributed by atoms with van der Waals surface area (Å²) in [7, 11) is 0. The van der Waals surface area contributed by atoms with Crippen molar-refractivity contribution in [3.63, 3.8) is 0 Å². The zero-order valence-corrected chi connectivity index (χ0v) is 15.7. The first-order valence-electron chi connectivity index (χ1n) is 9.22. The number of amides is 1. The van der Waals surface area contributed by atoms with E-state index in [9.17, 15) is 9.18 Å². The van der Waals surface area contributed by atoms with Gasteiger partial charge in [-0.05, 0) is 69.0 Å². The second-order valence-electron chi connectivity index (χ2n) is 7.48. The van der Waals surface area contributed by atoms with E-state index in [1.165, 1.54) is 6.07 Å². The molecule has 1 aliphatic rings. The van der Waals surface area contributed by atoms with Gasteiger partial charge in [0.1, 0.15) is 5.82 Å². The van der Waals surface area contributed by atoms with Crippen LogP contribution in [0.1, 0.15) is 48.2 Å². The van der Waals surface area contributed by atoms with Crippen molar-refractivity contribution in [1.82, 2.24) is 5.32 Å². The van der Waals surface area contributed by atoms with Gasteiger partial charge in [0.25, 0.3) is 5.91 Å². The van der Waals surface area contributed by atoms with E-state index >= 15 is 0 Å². The van der Waals surface area contributed by atoms with Crippen LogP contribution in [-0.4, -0.2) is 24.7 Å². The van der Waals surface area contributed by atoms with E-state index in [1.807, 2.05) is 0 Å². The van der Waals surface area contributed by atoms with Crippen molar-refractivity contribution in [2.24, 2.45) is 5.92 Å². The number of rotatable bonds is 3. The van der Waals surface area contributed by atoms with Gasteiger partial charge in [-0.1, -0.05) is 24.0 Å². The molecule has 2 aromatic rings. The monoisotopic (exact) mass is 365 g/mol. The number of hydrogen-bond donors (Lipinski definition) is 1. The first-order valence-corrected chi connectivity index (χ1v) is 9.22. The fraction of sp³-hybridized carbons (Fsp3) is 0.348. The molecule has 140 valence electrons. The molecule has 0 aromatic heterocycles. The van der Waals surface area contributed by atoms with Gasteiger partial charge in [0.05, 0.1) is 11.2 Å². The lowest BCUT2D eigenvalue weighted by Gasteiger charge is -2.35. The van der Waals surface area contributed by atoms with E-state index in [4.69, 9.17) is 4.74 Å². The molecule has 0 aliphatic carbocycles. The van der Waals surface area contributed by atoms with E-state index in [2.05, 4.69) is 31.0 Å². The molecule has 1 heterocycles. The minimum Gasteiger partial charge on any atom is -0.376 e. The highest BCUT2D eigenvalue weighted by Crippen LogP contribution is 2.28. The lowest BCUT2D eigenvalue weighted by Crippen LogP contribution is -2.39. The van der Waals surface area contributed by atoms with Gasteiger partial charge in [0.15, 0.2) is 0 Å². The topological polar surface area (TPSA) is 38.3 Å². The molecule has 1 fully saturated rings. The molecule has 0 saturated carbocycles. The third-order valence-corrected chi connectivity index (χ3v) is 4.71. The van der Waals surface area contributed by atoms with Crippen LogP contribution >= 0.6 is 0 Å². The molecule has 1 unspecified atom stereocenters. The molecular formula is C23H24FNO2. The Balaban J connectivity index is 1.57. The van der Waals surface area contributed by atoms with Crippen LogP contribution in [0, 0.1) is 23.6 Å². The third kappa shape index (κ3) is 5.42. The highest BCUT2D eigenvalue weighted by atomic mass is 19.1. The Morgan fingerprint density at radius 3 is 2.63 bits per heavy atom. The summed E-state index contributed by atoms with van der Waals surface area (Å²) >= 11 is 0. The first kappa shape index (κ1) is 19.1. The Labute approximate surface area is 159 Å². The van der Waals surface area contributed by atoms with Gasteiger partial charge < -0.3 is 10.1 Å². The Kier molecular flexibility index (Phi) is 5.93. The highest BCUT2D eigenvalue weighted by molar-refractivity contribution is 5.94. The second-order valence-corrected chi connectivity index (χ2v) is 7.48. The summed E-state index contributed by atoms with van der Waals surface area (Å²) in [6, 6.07) is 13.5. The molecule has 1 atom stereocenters. The summed E-state index contributed by atoms with van der Waals surface area (Å²) in [6.45, 7) is 5.56. The van der Waals surface area contributed by atoms with Gasteiger partial charge in [-0.3, -0.25) is 4.79 Å². The van der Waals surface area contributed by atoms with E-state index < -0.39 is 0 Å². The molecule has 1 saturated heterocycles.